The summed E-state index contributed by atoms with van der Waals surface area (Å²) in [6, 6.07) is 6.34. The number of nitrogens with zero attached hydrogens (tertiary/aromatic N) is 1. The molecule has 1 aliphatic heterocycles. The lowest BCUT2D eigenvalue weighted by Crippen LogP contribution is -2.31. The van der Waals surface area contributed by atoms with Gasteiger partial charge in [0.1, 0.15) is 0 Å². The Hall–Kier alpha value is -2.19. The molecule has 0 spiro atoms. The number of esters is 1. The van der Waals surface area contributed by atoms with E-state index in [1.165, 1.54) is 31.3 Å². The normalized spacial score (nSPS) is 16.2. The van der Waals surface area contributed by atoms with E-state index in [2.05, 4.69) is 5.32 Å². The summed E-state index contributed by atoms with van der Waals surface area (Å²) in [6.07, 6.45) is 6.60. The number of hydrogen-bond acceptors (Lipinski definition) is 5. The van der Waals surface area contributed by atoms with Crippen molar-refractivity contribution in [3.8, 4) is 0 Å². The highest BCUT2D eigenvalue weighted by molar-refractivity contribution is 7.89. The largest absolute Gasteiger partial charge is 0.452 e. The maximum Gasteiger partial charge on any atom is 0.331 e. The smallest absolute Gasteiger partial charge is 0.331 e. The van der Waals surface area contributed by atoms with Crippen molar-refractivity contribution in [2.24, 2.45) is 0 Å². The lowest BCUT2D eigenvalue weighted by molar-refractivity contribution is -0.143. The Morgan fingerprint density at radius 1 is 1.12 bits per heavy atom. The van der Waals surface area contributed by atoms with Crippen LogP contribution >= 0.6 is 0 Å². The molecule has 1 fully saturated rings. The Bertz CT molecular complexity index is 748. The average Bonchev–Trinajstić information content (AvgIpc) is 2.94. The third-order valence-corrected chi connectivity index (χ3v) is 6.03. The molecule has 1 heterocycles. The third kappa shape index (κ3) is 5.67. The number of nitrogens with one attached hydrogen (secondary N) is 1. The first kappa shape index (κ1) is 20.1. The summed E-state index contributed by atoms with van der Waals surface area (Å²) in [4.78, 5) is 22.8. The van der Waals surface area contributed by atoms with Gasteiger partial charge < -0.3 is 10.1 Å². The summed E-state index contributed by atoms with van der Waals surface area (Å²) in [5.74, 6) is -1.04. The zero-order valence-electron chi connectivity index (χ0n) is 14.8. The van der Waals surface area contributed by atoms with Crippen molar-refractivity contribution in [3.63, 3.8) is 0 Å². The zero-order chi connectivity index (χ0) is 19.0. The average molecular weight is 380 g/mol. The fourth-order valence-corrected chi connectivity index (χ4v) is 4.12. The van der Waals surface area contributed by atoms with Crippen LogP contribution in [0, 0.1) is 0 Å². The molecule has 1 aromatic carbocycles. The lowest BCUT2D eigenvalue weighted by atomic mass is 10.2. The van der Waals surface area contributed by atoms with Crippen molar-refractivity contribution < 1.29 is 22.7 Å². The van der Waals surface area contributed by atoms with Crippen LogP contribution < -0.4 is 5.32 Å². The van der Waals surface area contributed by atoms with Crippen molar-refractivity contribution in [2.45, 2.75) is 30.6 Å². The summed E-state index contributed by atoms with van der Waals surface area (Å²) in [5.41, 5.74) is 0.664. The molecule has 8 heteroatoms. The van der Waals surface area contributed by atoms with Gasteiger partial charge in [0.15, 0.2) is 6.61 Å². The van der Waals surface area contributed by atoms with Crippen LogP contribution in [0.1, 0.15) is 31.2 Å². The van der Waals surface area contributed by atoms with Crippen LogP contribution in [0.2, 0.25) is 0 Å². The van der Waals surface area contributed by atoms with Crippen LogP contribution in [-0.2, 0) is 24.3 Å². The number of likely N-dealkylation sites (N-methyl/N-ethyl adjacent to an activating group) is 1. The minimum Gasteiger partial charge on any atom is -0.452 e. The number of carbonyl (C=O) groups is 2. The number of sulfonamides is 1. The Balaban J connectivity index is 1.99. The van der Waals surface area contributed by atoms with E-state index in [1.54, 1.807) is 16.4 Å². The van der Waals surface area contributed by atoms with Crippen LogP contribution in [-0.4, -0.2) is 51.3 Å². The minimum atomic E-state index is -3.48. The number of ether oxygens (including phenoxy) is 1. The van der Waals surface area contributed by atoms with E-state index in [0.29, 0.717) is 18.7 Å². The Labute approximate surface area is 154 Å². The molecule has 2 rings (SSSR count). The predicted octanol–water partition coefficient (Wildman–Crippen LogP) is 1.55. The molecule has 1 aromatic rings. The lowest BCUT2D eigenvalue weighted by Gasteiger charge is -2.19. The molecule has 0 aromatic heterocycles. The molecular formula is C18H24N2O5S. The summed E-state index contributed by atoms with van der Waals surface area (Å²) in [6.45, 7) is 0.773. The van der Waals surface area contributed by atoms with Gasteiger partial charge in [0.25, 0.3) is 5.91 Å². The SMILES string of the molecule is CNC(=O)COC(=O)/C=C/c1ccc(S(=O)(=O)N2CCCCCC2)cc1. The summed E-state index contributed by atoms with van der Waals surface area (Å²) < 4.78 is 31.7. The standard InChI is InChI=1S/C18H24N2O5S/c1-19-17(21)14-25-18(22)11-8-15-6-9-16(10-7-15)26(23,24)20-12-4-2-3-5-13-20/h6-11H,2-5,12-14H2,1H3,(H,19,21)/b11-8+. The molecule has 0 bridgehead atoms. The second kappa shape index (κ2) is 9.49. The van der Waals surface area contributed by atoms with Gasteiger partial charge in [-0.3, -0.25) is 4.79 Å². The predicted molar refractivity (Wildman–Crippen MR) is 97.7 cm³/mol. The molecule has 7 nitrogen and oxygen atoms in total. The first-order valence-corrected chi connectivity index (χ1v) is 10.0. The molecule has 0 atom stereocenters. The van der Waals surface area contributed by atoms with Gasteiger partial charge >= 0.3 is 5.97 Å². The highest BCUT2D eigenvalue weighted by atomic mass is 32.2. The maximum atomic E-state index is 12.7. The fraction of sp³-hybridized carbons (Fsp3) is 0.444. The van der Waals surface area contributed by atoms with Gasteiger partial charge in [0.2, 0.25) is 10.0 Å². The first-order valence-electron chi connectivity index (χ1n) is 8.59. The molecule has 0 unspecified atom stereocenters. The van der Waals surface area contributed by atoms with Crippen LogP contribution in [0.3, 0.4) is 0 Å². The fourth-order valence-electron chi connectivity index (χ4n) is 2.60. The van der Waals surface area contributed by atoms with Crippen LogP contribution in [0.4, 0.5) is 0 Å². The maximum absolute atomic E-state index is 12.7. The second-order valence-corrected chi connectivity index (χ2v) is 7.94. The first-order chi connectivity index (χ1) is 12.4. The van der Waals surface area contributed by atoms with Gasteiger partial charge in [-0.15, -0.1) is 0 Å². The number of carbonyl (C=O) groups excluding carboxylic acids is 2. The van der Waals surface area contributed by atoms with E-state index in [-0.39, 0.29) is 11.5 Å². The van der Waals surface area contributed by atoms with Gasteiger partial charge in [-0.1, -0.05) is 25.0 Å². The highest BCUT2D eigenvalue weighted by Crippen LogP contribution is 2.20. The molecule has 0 aliphatic carbocycles. The van der Waals surface area contributed by atoms with E-state index in [9.17, 15) is 18.0 Å². The van der Waals surface area contributed by atoms with Crippen LogP contribution in [0.25, 0.3) is 6.08 Å². The van der Waals surface area contributed by atoms with Crippen molar-refractivity contribution >= 4 is 28.0 Å². The van der Waals surface area contributed by atoms with E-state index in [0.717, 1.165) is 25.7 Å². The van der Waals surface area contributed by atoms with E-state index in [1.807, 2.05) is 0 Å². The number of benzene rings is 1. The van der Waals surface area contributed by atoms with Crippen molar-refractivity contribution in [1.82, 2.24) is 9.62 Å². The molecule has 0 saturated carbocycles. The monoisotopic (exact) mass is 380 g/mol. The Kier molecular flexibility index (Phi) is 7.35. The van der Waals surface area contributed by atoms with Crippen LogP contribution in [0.5, 0.6) is 0 Å². The molecule has 1 amide bonds. The Morgan fingerprint density at radius 3 is 2.31 bits per heavy atom. The second-order valence-electron chi connectivity index (χ2n) is 6.00. The zero-order valence-corrected chi connectivity index (χ0v) is 15.6. The number of hydrogen-bond donors (Lipinski definition) is 1. The van der Waals surface area contributed by atoms with Crippen molar-refractivity contribution in [1.29, 1.82) is 0 Å². The Morgan fingerprint density at radius 2 is 1.73 bits per heavy atom. The van der Waals surface area contributed by atoms with E-state index >= 15 is 0 Å². The molecule has 1 saturated heterocycles. The molecule has 0 radical (unpaired) electrons. The van der Waals surface area contributed by atoms with Gasteiger partial charge in [0, 0.05) is 26.2 Å². The molecule has 1 aliphatic rings. The number of amides is 1. The summed E-state index contributed by atoms with van der Waals surface area (Å²) in [7, 11) is -2.03. The quantitative estimate of drug-likeness (QED) is 0.597. The highest BCUT2D eigenvalue weighted by Gasteiger charge is 2.24. The molecular weight excluding hydrogens is 356 g/mol. The van der Waals surface area contributed by atoms with E-state index < -0.39 is 21.9 Å². The molecule has 1 N–H and O–H groups in total. The van der Waals surface area contributed by atoms with E-state index in [4.69, 9.17) is 4.74 Å². The van der Waals surface area contributed by atoms with Gasteiger partial charge in [0.05, 0.1) is 4.90 Å². The van der Waals surface area contributed by atoms with Crippen molar-refractivity contribution in [2.75, 3.05) is 26.7 Å². The number of rotatable bonds is 6. The van der Waals surface area contributed by atoms with Gasteiger partial charge in [-0.2, -0.15) is 4.31 Å². The topological polar surface area (TPSA) is 92.8 Å². The van der Waals surface area contributed by atoms with Gasteiger partial charge in [-0.05, 0) is 36.6 Å². The summed E-state index contributed by atoms with van der Waals surface area (Å²) >= 11 is 0. The summed E-state index contributed by atoms with van der Waals surface area (Å²) in [5, 5.41) is 2.34. The molecule has 26 heavy (non-hydrogen) atoms. The van der Waals surface area contributed by atoms with Gasteiger partial charge in [-0.25, -0.2) is 13.2 Å². The van der Waals surface area contributed by atoms with Crippen molar-refractivity contribution in [3.05, 3.63) is 35.9 Å². The van der Waals surface area contributed by atoms with Crippen LogP contribution in [0.15, 0.2) is 35.2 Å². The third-order valence-electron chi connectivity index (χ3n) is 4.12. The minimum absolute atomic E-state index is 0.249. The molecule has 142 valence electrons.